The van der Waals surface area contributed by atoms with Crippen molar-refractivity contribution in [1.29, 1.82) is 0 Å². The number of nitrogens with one attached hydrogen (secondary N) is 3. The molecule has 1 heterocycles. The molecular weight excluding hydrogens is 442 g/mol. The number of hydrogen-bond acceptors (Lipinski definition) is 8. The van der Waals surface area contributed by atoms with Gasteiger partial charge in [-0.1, -0.05) is 0 Å². The van der Waals surface area contributed by atoms with Crippen molar-refractivity contribution in [2.75, 3.05) is 11.5 Å². The molecule has 1 rings (SSSR count). The second-order valence-corrected chi connectivity index (χ2v) is 10.4. The van der Waals surface area contributed by atoms with Gasteiger partial charge in [-0.2, -0.15) is 11.8 Å². The minimum Gasteiger partial charge on any atom is -0.480 e. The van der Waals surface area contributed by atoms with Crippen LogP contribution in [-0.2, 0) is 28.7 Å². The molecule has 182 valence electrons. The van der Waals surface area contributed by atoms with E-state index in [9.17, 15) is 24.0 Å². The first-order chi connectivity index (χ1) is 14.6. The molecule has 1 unspecified atom stereocenters. The van der Waals surface area contributed by atoms with Crippen LogP contribution >= 0.6 is 11.8 Å². The summed E-state index contributed by atoms with van der Waals surface area (Å²) in [7, 11) is 0. The number of thioether (sulfide) groups is 1. The van der Waals surface area contributed by atoms with Crippen LogP contribution in [-0.4, -0.2) is 75.8 Å². The van der Waals surface area contributed by atoms with E-state index in [1.807, 2.05) is 0 Å². The zero-order chi connectivity index (χ0) is 24.7. The maximum Gasteiger partial charge on any atom is 0.408 e. The summed E-state index contributed by atoms with van der Waals surface area (Å²) in [5, 5.41) is 16.4. The Hall–Kier alpha value is -2.50. The third-order valence-electron chi connectivity index (χ3n) is 3.88. The van der Waals surface area contributed by atoms with Crippen LogP contribution in [0.25, 0.3) is 0 Å². The smallest absolute Gasteiger partial charge is 0.408 e. The summed E-state index contributed by atoms with van der Waals surface area (Å²) < 4.78 is 10.5. The minimum atomic E-state index is -1.15. The Morgan fingerprint density at radius 1 is 1.09 bits per heavy atom. The van der Waals surface area contributed by atoms with Crippen molar-refractivity contribution in [2.45, 2.75) is 83.7 Å². The van der Waals surface area contributed by atoms with Crippen molar-refractivity contribution < 1.29 is 38.6 Å². The number of carboxylic acids is 1. The van der Waals surface area contributed by atoms with Gasteiger partial charge in [0.2, 0.25) is 11.8 Å². The van der Waals surface area contributed by atoms with Crippen LogP contribution in [0.1, 0.15) is 54.4 Å². The molecule has 0 radical (unpaired) electrons. The summed E-state index contributed by atoms with van der Waals surface area (Å²) in [6.45, 7) is 10.0. The molecule has 1 fully saturated rings. The van der Waals surface area contributed by atoms with Gasteiger partial charge in [0.1, 0.15) is 29.3 Å². The normalized spacial score (nSPS) is 20.2. The van der Waals surface area contributed by atoms with Crippen molar-refractivity contribution in [3.05, 3.63) is 0 Å². The van der Waals surface area contributed by atoms with Gasteiger partial charge in [-0.15, -0.1) is 0 Å². The van der Waals surface area contributed by atoms with Crippen molar-refractivity contribution in [3.8, 4) is 0 Å². The number of carbonyl (C=O) groups excluding carboxylic acids is 4. The molecule has 4 N–H and O–H groups in total. The van der Waals surface area contributed by atoms with Crippen LogP contribution in [0.4, 0.5) is 4.79 Å². The van der Waals surface area contributed by atoms with Crippen molar-refractivity contribution in [2.24, 2.45) is 0 Å². The quantitative estimate of drug-likeness (QED) is 0.390. The predicted octanol–water partition coefficient (Wildman–Crippen LogP) is 0.803. The molecule has 1 saturated heterocycles. The molecule has 1 aliphatic heterocycles. The molecule has 11 nitrogen and oxygen atoms in total. The lowest BCUT2D eigenvalue weighted by molar-refractivity contribution is -0.157. The monoisotopic (exact) mass is 475 g/mol. The Kier molecular flexibility index (Phi) is 9.80. The maximum absolute atomic E-state index is 12.5. The highest BCUT2D eigenvalue weighted by atomic mass is 32.2. The van der Waals surface area contributed by atoms with Gasteiger partial charge in [-0.05, 0) is 48.0 Å². The van der Waals surface area contributed by atoms with E-state index in [2.05, 4.69) is 16.0 Å². The SMILES string of the molecule is CC(C)(C)OC(=O)N[C@@H](CCC(=O)N[C@H]1CSCC(C(=O)O)NC1=O)C(=O)OC(C)(C)C. The van der Waals surface area contributed by atoms with E-state index in [0.29, 0.717) is 0 Å². The van der Waals surface area contributed by atoms with Gasteiger partial charge in [0.05, 0.1) is 0 Å². The Morgan fingerprint density at radius 2 is 1.69 bits per heavy atom. The number of hydrogen-bond donors (Lipinski definition) is 4. The molecule has 0 bridgehead atoms. The van der Waals surface area contributed by atoms with E-state index in [1.165, 1.54) is 11.8 Å². The fraction of sp³-hybridized carbons (Fsp3) is 0.750. The Bertz CT molecular complexity index is 729. The average molecular weight is 476 g/mol. The average Bonchev–Trinajstić information content (AvgIpc) is 2.77. The van der Waals surface area contributed by atoms with E-state index in [0.717, 1.165) is 0 Å². The number of esters is 1. The highest BCUT2D eigenvalue weighted by Crippen LogP contribution is 2.14. The van der Waals surface area contributed by atoms with Crippen LogP contribution in [0.5, 0.6) is 0 Å². The Labute approximate surface area is 191 Å². The first-order valence-corrected chi connectivity index (χ1v) is 11.4. The number of amides is 3. The van der Waals surface area contributed by atoms with E-state index < -0.39 is 59.2 Å². The molecule has 12 heteroatoms. The summed E-state index contributed by atoms with van der Waals surface area (Å²) in [5.41, 5.74) is -1.58. The van der Waals surface area contributed by atoms with Crippen LogP contribution in [0.15, 0.2) is 0 Å². The predicted molar refractivity (Wildman–Crippen MR) is 117 cm³/mol. The molecule has 3 atom stereocenters. The highest BCUT2D eigenvalue weighted by molar-refractivity contribution is 7.99. The van der Waals surface area contributed by atoms with Crippen molar-refractivity contribution in [3.63, 3.8) is 0 Å². The second-order valence-electron chi connectivity index (χ2n) is 9.33. The third kappa shape index (κ3) is 10.7. The van der Waals surface area contributed by atoms with Crippen molar-refractivity contribution >= 4 is 41.6 Å². The van der Waals surface area contributed by atoms with Gasteiger partial charge >= 0.3 is 18.0 Å². The lowest BCUT2D eigenvalue weighted by Gasteiger charge is -2.26. The van der Waals surface area contributed by atoms with Gasteiger partial charge in [-0.3, -0.25) is 9.59 Å². The molecular formula is C20H33N3O8S. The van der Waals surface area contributed by atoms with Gasteiger partial charge in [0.15, 0.2) is 0 Å². The Morgan fingerprint density at radius 3 is 2.22 bits per heavy atom. The highest BCUT2D eigenvalue weighted by Gasteiger charge is 2.32. The van der Waals surface area contributed by atoms with Gasteiger partial charge in [-0.25, -0.2) is 14.4 Å². The number of alkyl carbamates (subject to hydrolysis) is 1. The fourth-order valence-corrected chi connectivity index (χ4v) is 3.62. The first-order valence-electron chi connectivity index (χ1n) is 10.2. The molecule has 0 aromatic carbocycles. The summed E-state index contributed by atoms with van der Waals surface area (Å²) in [5.74, 6) is -2.58. The van der Waals surface area contributed by atoms with E-state index in [-0.39, 0.29) is 24.3 Å². The molecule has 3 amide bonds. The zero-order valence-corrected chi connectivity index (χ0v) is 20.1. The number of rotatable bonds is 7. The fourth-order valence-electron chi connectivity index (χ4n) is 2.55. The van der Waals surface area contributed by atoms with Crippen LogP contribution < -0.4 is 16.0 Å². The topological polar surface area (TPSA) is 160 Å². The molecule has 32 heavy (non-hydrogen) atoms. The number of carbonyl (C=O) groups is 5. The maximum atomic E-state index is 12.5. The molecule has 1 aliphatic rings. The van der Waals surface area contributed by atoms with Crippen LogP contribution in [0.3, 0.4) is 0 Å². The largest absolute Gasteiger partial charge is 0.480 e. The van der Waals surface area contributed by atoms with E-state index in [1.54, 1.807) is 41.5 Å². The molecule has 0 spiro atoms. The zero-order valence-electron chi connectivity index (χ0n) is 19.3. The van der Waals surface area contributed by atoms with Gasteiger partial charge in [0, 0.05) is 17.9 Å². The lowest BCUT2D eigenvalue weighted by atomic mass is 10.1. The molecule has 0 aliphatic carbocycles. The summed E-state index contributed by atoms with van der Waals surface area (Å²) >= 11 is 1.23. The number of aliphatic carboxylic acids is 1. The van der Waals surface area contributed by atoms with Crippen LogP contribution in [0.2, 0.25) is 0 Å². The summed E-state index contributed by atoms with van der Waals surface area (Å²) in [6.07, 6.45) is -1.09. The second kappa shape index (κ2) is 11.4. The van der Waals surface area contributed by atoms with E-state index >= 15 is 0 Å². The molecule has 0 aromatic rings. The minimum absolute atomic E-state index is 0.0841. The van der Waals surface area contributed by atoms with Gasteiger partial charge < -0.3 is 30.5 Å². The molecule has 0 aromatic heterocycles. The third-order valence-corrected chi connectivity index (χ3v) is 5.02. The summed E-state index contributed by atoms with van der Waals surface area (Å²) in [4.78, 5) is 60.3. The number of ether oxygens (including phenoxy) is 2. The van der Waals surface area contributed by atoms with Gasteiger partial charge in [0.25, 0.3) is 0 Å². The summed E-state index contributed by atoms with van der Waals surface area (Å²) in [6, 6.07) is -3.07. The van der Waals surface area contributed by atoms with Crippen molar-refractivity contribution in [1.82, 2.24) is 16.0 Å². The lowest BCUT2D eigenvalue weighted by Crippen LogP contribution is -2.51. The standard InChI is InChI=1S/C20H33N3O8S/c1-19(2,3)30-17(28)11(23-18(29)31-20(4,5)6)7-8-14(24)21-12-9-32-10-13(16(26)27)22-15(12)25/h11-13H,7-10H2,1-6H3,(H,21,24)(H,22,25)(H,23,29)(H,26,27)/t11-,12-,13?/m0/s1. The number of carboxylic acid groups (broad SMARTS) is 1. The Balaban J connectivity index is 2.73. The van der Waals surface area contributed by atoms with E-state index in [4.69, 9.17) is 14.6 Å². The van der Waals surface area contributed by atoms with Crippen LogP contribution in [0, 0.1) is 0 Å². The first kappa shape index (κ1) is 27.5. The molecule has 0 saturated carbocycles.